The van der Waals surface area contributed by atoms with Crippen molar-refractivity contribution in [1.29, 1.82) is 0 Å². The van der Waals surface area contributed by atoms with Crippen molar-refractivity contribution in [1.82, 2.24) is 0 Å². The SMILES string of the molecule is COc1ccc(-c2cc3c(c(=O)o2)[C@@H](O)[C@]2(O)[C@@]4(C)[C@H](OC(C)=O)CCC(C)(C)[C@]4(O)CC[C@@]2(C)O3)cc1OC. The predicted molar refractivity (Wildman–Crippen MR) is 143 cm³/mol. The minimum atomic E-state index is -2.24. The van der Waals surface area contributed by atoms with Crippen LogP contribution in [0.4, 0.5) is 0 Å². The monoisotopic (exact) mass is 558 g/mol. The number of methoxy groups -OCH3 is 2. The summed E-state index contributed by atoms with van der Waals surface area (Å²) < 4.78 is 28.5. The number of carbonyl (C=O) groups is 1. The Balaban J connectivity index is 1.69. The van der Waals surface area contributed by atoms with Crippen molar-refractivity contribution in [2.24, 2.45) is 10.8 Å². The van der Waals surface area contributed by atoms with Crippen molar-refractivity contribution >= 4 is 5.97 Å². The van der Waals surface area contributed by atoms with Gasteiger partial charge in [0.1, 0.15) is 40.5 Å². The molecule has 10 heteroatoms. The molecule has 1 aromatic carbocycles. The van der Waals surface area contributed by atoms with Crippen LogP contribution in [0, 0.1) is 10.8 Å². The summed E-state index contributed by atoms with van der Waals surface area (Å²) in [5.41, 5.74) is -8.26. The summed E-state index contributed by atoms with van der Waals surface area (Å²) in [6, 6.07) is 6.52. The molecule has 0 unspecified atom stereocenters. The van der Waals surface area contributed by atoms with Crippen LogP contribution in [0.3, 0.4) is 0 Å². The maximum atomic E-state index is 13.5. The first-order valence-electron chi connectivity index (χ1n) is 13.5. The van der Waals surface area contributed by atoms with Gasteiger partial charge < -0.3 is 38.7 Å². The molecule has 1 aliphatic heterocycles. The maximum absolute atomic E-state index is 13.5. The molecule has 5 rings (SSSR count). The van der Waals surface area contributed by atoms with Gasteiger partial charge in [0.2, 0.25) is 0 Å². The second kappa shape index (κ2) is 8.96. The Morgan fingerprint density at radius 1 is 1.00 bits per heavy atom. The molecule has 3 N–H and O–H groups in total. The van der Waals surface area contributed by atoms with Crippen LogP contribution >= 0.6 is 0 Å². The molecule has 218 valence electrons. The van der Waals surface area contributed by atoms with E-state index >= 15 is 0 Å². The third-order valence-corrected chi connectivity index (χ3v) is 10.1. The fourth-order valence-electron chi connectivity index (χ4n) is 7.75. The van der Waals surface area contributed by atoms with Gasteiger partial charge >= 0.3 is 11.6 Å². The molecule has 2 aromatic rings. The van der Waals surface area contributed by atoms with Gasteiger partial charge in [-0.2, -0.15) is 0 Å². The molecule has 0 bridgehead atoms. The van der Waals surface area contributed by atoms with Crippen molar-refractivity contribution in [2.75, 3.05) is 14.2 Å². The van der Waals surface area contributed by atoms with Crippen LogP contribution in [0.2, 0.25) is 0 Å². The quantitative estimate of drug-likeness (QED) is 0.477. The molecule has 10 nitrogen and oxygen atoms in total. The number of hydrogen-bond donors (Lipinski definition) is 3. The van der Waals surface area contributed by atoms with Crippen LogP contribution in [-0.4, -0.2) is 58.4 Å². The van der Waals surface area contributed by atoms with Gasteiger partial charge in [0.05, 0.1) is 25.2 Å². The lowest BCUT2D eigenvalue weighted by Crippen LogP contribution is -2.84. The Morgan fingerprint density at radius 3 is 2.30 bits per heavy atom. The largest absolute Gasteiger partial charge is 0.493 e. The zero-order valence-corrected chi connectivity index (χ0v) is 24.0. The molecular weight excluding hydrogens is 520 g/mol. The van der Waals surface area contributed by atoms with E-state index in [9.17, 15) is 24.9 Å². The van der Waals surface area contributed by atoms with Crippen LogP contribution in [0.25, 0.3) is 11.3 Å². The third kappa shape index (κ3) is 3.45. The maximum Gasteiger partial charge on any atom is 0.346 e. The molecule has 40 heavy (non-hydrogen) atoms. The van der Waals surface area contributed by atoms with Crippen LogP contribution < -0.4 is 19.8 Å². The van der Waals surface area contributed by atoms with Gasteiger partial charge in [-0.05, 0) is 56.2 Å². The molecule has 6 atom stereocenters. The topological polar surface area (TPSA) is 145 Å². The first kappa shape index (κ1) is 28.4. The molecule has 0 spiro atoms. The standard InChI is InChI=1S/C30H38O10/c1-16(31)38-22-10-11-26(2,3)29(34)13-12-27(4)30(35,28(22,29)5)24(32)23-21(40-27)15-19(39-25(23)33)17-8-9-18(36-6)20(14-17)37-7/h8-9,14-15,22,24,32,34-35H,10-13H2,1-7H3/t22-,24-,27-,28+,29-,30-/m1/s1. The predicted octanol–water partition coefficient (Wildman–Crippen LogP) is 3.52. The van der Waals surface area contributed by atoms with Crippen LogP contribution in [0.5, 0.6) is 17.2 Å². The normalized spacial score (nSPS) is 35.9. The van der Waals surface area contributed by atoms with Gasteiger partial charge in [-0.1, -0.05) is 20.8 Å². The summed E-state index contributed by atoms with van der Waals surface area (Å²) in [5, 5.41) is 37.0. The lowest BCUT2D eigenvalue weighted by atomic mass is 9.39. The van der Waals surface area contributed by atoms with E-state index in [0.717, 1.165) is 0 Å². The van der Waals surface area contributed by atoms with E-state index in [1.54, 1.807) is 32.0 Å². The molecule has 2 heterocycles. The van der Waals surface area contributed by atoms with E-state index in [1.165, 1.54) is 27.2 Å². The average Bonchev–Trinajstić information content (AvgIpc) is 2.89. The number of esters is 1. The highest BCUT2D eigenvalue weighted by atomic mass is 16.6. The summed E-state index contributed by atoms with van der Waals surface area (Å²) in [6.45, 7) is 8.34. The van der Waals surface area contributed by atoms with Crippen molar-refractivity contribution < 1.29 is 43.5 Å². The minimum Gasteiger partial charge on any atom is -0.493 e. The molecule has 0 radical (unpaired) electrons. The number of ether oxygens (including phenoxy) is 4. The molecule has 0 saturated heterocycles. The fourth-order valence-corrected chi connectivity index (χ4v) is 7.75. The molecule has 1 aromatic heterocycles. The van der Waals surface area contributed by atoms with Crippen molar-refractivity contribution in [2.45, 2.75) is 89.3 Å². The Morgan fingerprint density at radius 2 is 1.68 bits per heavy atom. The number of fused-ring (bicyclic) bond motifs is 4. The van der Waals surface area contributed by atoms with E-state index in [0.29, 0.717) is 29.9 Å². The number of carbonyl (C=O) groups excluding carboxylic acids is 1. The Bertz CT molecular complexity index is 1410. The fraction of sp³-hybridized carbons (Fsp3) is 0.600. The highest BCUT2D eigenvalue weighted by molar-refractivity contribution is 5.67. The van der Waals surface area contributed by atoms with Crippen molar-refractivity contribution in [3.05, 3.63) is 40.2 Å². The minimum absolute atomic E-state index is 0.0638. The molecule has 3 aliphatic rings. The smallest absolute Gasteiger partial charge is 0.346 e. The van der Waals surface area contributed by atoms with E-state index in [2.05, 4.69) is 0 Å². The van der Waals surface area contributed by atoms with Crippen molar-refractivity contribution in [3.63, 3.8) is 0 Å². The number of rotatable bonds is 4. The first-order valence-corrected chi connectivity index (χ1v) is 13.5. The van der Waals surface area contributed by atoms with Crippen LogP contribution in [0.15, 0.2) is 33.5 Å². The van der Waals surface area contributed by atoms with Gasteiger partial charge in [0.15, 0.2) is 11.5 Å². The average molecular weight is 559 g/mol. The summed E-state index contributed by atoms with van der Waals surface area (Å²) >= 11 is 0. The van der Waals surface area contributed by atoms with E-state index in [4.69, 9.17) is 23.4 Å². The number of benzene rings is 1. The Kier molecular flexibility index (Phi) is 6.37. The van der Waals surface area contributed by atoms with Gasteiger partial charge in [-0.25, -0.2) is 4.79 Å². The molecule has 2 saturated carbocycles. The van der Waals surface area contributed by atoms with Gasteiger partial charge in [0, 0.05) is 18.6 Å². The summed E-state index contributed by atoms with van der Waals surface area (Å²) in [5.74, 6) is 0.583. The second-order valence-corrected chi connectivity index (χ2v) is 12.3. The second-order valence-electron chi connectivity index (χ2n) is 12.3. The lowest BCUT2D eigenvalue weighted by molar-refractivity contribution is -0.375. The van der Waals surface area contributed by atoms with Gasteiger partial charge in [-0.15, -0.1) is 0 Å². The summed E-state index contributed by atoms with van der Waals surface area (Å²) in [7, 11) is 3.01. The summed E-state index contributed by atoms with van der Waals surface area (Å²) in [4.78, 5) is 25.6. The van der Waals surface area contributed by atoms with Crippen LogP contribution in [-0.2, 0) is 9.53 Å². The number of aliphatic hydroxyl groups is 3. The lowest BCUT2D eigenvalue weighted by Gasteiger charge is -2.72. The zero-order chi connectivity index (χ0) is 29.5. The molecule has 2 aliphatic carbocycles. The first-order chi connectivity index (χ1) is 18.6. The van der Waals surface area contributed by atoms with Gasteiger partial charge in [0.25, 0.3) is 0 Å². The van der Waals surface area contributed by atoms with Crippen molar-refractivity contribution in [3.8, 4) is 28.6 Å². The molecule has 0 amide bonds. The van der Waals surface area contributed by atoms with Crippen LogP contribution in [0.1, 0.15) is 72.0 Å². The van der Waals surface area contributed by atoms with E-state index < -0.39 is 51.4 Å². The summed E-state index contributed by atoms with van der Waals surface area (Å²) in [6.07, 6.45) is -1.54. The number of hydrogen-bond acceptors (Lipinski definition) is 10. The van der Waals surface area contributed by atoms with E-state index in [-0.39, 0.29) is 29.9 Å². The highest BCUT2D eigenvalue weighted by Gasteiger charge is 2.81. The molecular formula is C30H38O10. The van der Waals surface area contributed by atoms with Gasteiger partial charge in [-0.3, -0.25) is 4.79 Å². The highest BCUT2D eigenvalue weighted by Crippen LogP contribution is 2.70. The third-order valence-electron chi connectivity index (χ3n) is 10.1. The van der Waals surface area contributed by atoms with E-state index in [1.807, 2.05) is 13.8 Å². The Hall–Kier alpha value is -3.08. The Labute approximate surface area is 232 Å². The number of aliphatic hydroxyl groups excluding tert-OH is 1. The zero-order valence-electron chi connectivity index (χ0n) is 24.0. The molecule has 2 fully saturated rings.